The molecule has 1 saturated carbocycles. The molecule has 1 aliphatic carbocycles. The second kappa shape index (κ2) is 6.33. The van der Waals surface area contributed by atoms with Gasteiger partial charge >= 0.3 is 0 Å². The molecule has 0 aliphatic heterocycles. The summed E-state index contributed by atoms with van der Waals surface area (Å²) in [5.74, 6) is 0. The van der Waals surface area contributed by atoms with Gasteiger partial charge in [-0.05, 0) is 48.9 Å². The Balaban J connectivity index is 2.05. The van der Waals surface area contributed by atoms with Crippen molar-refractivity contribution in [2.45, 2.75) is 51.0 Å². The van der Waals surface area contributed by atoms with Crippen LogP contribution in [0, 0.1) is 6.92 Å². The van der Waals surface area contributed by atoms with Crippen LogP contribution in [0.2, 0.25) is 0 Å². The summed E-state index contributed by atoms with van der Waals surface area (Å²) in [6.07, 6.45) is 5.28. The lowest BCUT2D eigenvalue weighted by Crippen LogP contribution is -2.39. The number of rotatable bonds is 5. The lowest BCUT2D eigenvalue weighted by molar-refractivity contribution is 0.305. The normalized spacial score (nSPS) is 18.8. The number of aryl methyl sites for hydroxylation is 1. The van der Waals surface area contributed by atoms with Gasteiger partial charge in [0.05, 0.1) is 0 Å². The summed E-state index contributed by atoms with van der Waals surface area (Å²) in [6.45, 7) is 5.45. The van der Waals surface area contributed by atoms with Crippen LogP contribution < -0.4 is 5.32 Å². The Morgan fingerprint density at radius 3 is 2.48 bits per heavy atom. The topological polar surface area (TPSA) is 12.0 Å². The molecule has 1 aromatic heterocycles. The van der Waals surface area contributed by atoms with Crippen LogP contribution in [0.25, 0.3) is 0 Å². The summed E-state index contributed by atoms with van der Waals surface area (Å²) in [4.78, 5) is 1.41. The van der Waals surface area contributed by atoms with E-state index in [0.717, 1.165) is 6.54 Å². The predicted octanol–water partition coefficient (Wildman–Crippen LogP) is 5.22. The zero-order chi connectivity index (χ0) is 14.7. The first-order chi connectivity index (χ1) is 10.3. The number of benzene rings is 1. The van der Waals surface area contributed by atoms with E-state index >= 15 is 0 Å². The highest BCUT2D eigenvalue weighted by Gasteiger charge is 2.43. The van der Waals surface area contributed by atoms with Crippen molar-refractivity contribution in [3.63, 3.8) is 0 Å². The van der Waals surface area contributed by atoms with Gasteiger partial charge in [0.2, 0.25) is 0 Å². The summed E-state index contributed by atoms with van der Waals surface area (Å²) in [7, 11) is 0. The summed E-state index contributed by atoms with van der Waals surface area (Å²) >= 11 is 1.87. The lowest BCUT2D eigenvalue weighted by atomic mass is 9.70. The van der Waals surface area contributed by atoms with Crippen LogP contribution in [0.5, 0.6) is 0 Å². The Labute approximate surface area is 132 Å². The van der Waals surface area contributed by atoms with Crippen molar-refractivity contribution in [1.82, 2.24) is 5.32 Å². The zero-order valence-electron chi connectivity index (χ0n) is 13.1. The molecule has 0 amide bonds. The fourth-order valence-electron chi connectivity index (χ4n) is 3.97. The molecule has 112 valence electrons. The van der Waals surface area contributed by atoms with Gasteiger partial charge in [-0.3, -0.25) is 0 Å². The van der Waals surface area contributed by atoms with Gasteiger partial charge < -0.3 is 5.32 Å². The van der Waals surface area contributed by atoms with Gasteiger partial charge in [0.15, 0.2) is 0 Å². The van der Waals surface area contributed by atoms with Crippen LogP contribution in [-0.4, -0.2) is 6.54 Å². The molecule has 1 heterocycles. The van der Waals surface area contributed by atoms with Gasteiger partial charge in [0, 0.05) is 16.3 Å². The van der Waals surface area contributed by atoms with Crippen molar-refractivity contribution in [1.29, 1.82) is 0 Å². The second-order valence-electron chi connectivity index (χ2n) is 6.21. The van der Waals surface area contributed by atoms with Crippen LogP contribution >= 0.6 is 11.3 Å². The molecule has 1 aliphatic rings. The zero-order valence-corrected chi connectivity index (χ0v) is 13.9. The van der Waals surface area contributed by atoms with Crippen molar-refractivity contribution in [3.8, 4) is 0 Å². The first-order valence-electron chi connectivity index (χ1n) is 8.10. The highest BCUT2D eigenvalue weighted by Crippen LogP contribution is 2.50. The quantitative estimate of drug-likeness (QED) is 0.798. The Morgan fingerprint density at radius 2 is 1.90 bits per heavy atom. The highest BCUT2D eigenvalue weighted by molar-refractivity contribution is 7.10. The van der Waals surface area contributed by atoms with Gasteiger partial charge in [-0.1, -0.05) is 50.1 Å². The van der Waals surface area contributed by atoms with Crippen molar-refractivity contribution in [2.75, 3.05) is 6.54 Å². The van der Waals surface area contributed by atoms with Gasteiger partial charge in [0.25, 0.3) is 0 Å². The van der Waals surface area contributed by atoms with Crippen LogP contribution in [0.3, 0.4) is 0 Å². The van der Waals surface area contributed by atoms with Crippen LogP contribution in [-0.2, 0) is 5.41 Å². The molecule has 1 N–H and O–H groups in total. The molecule has 1 unspecified atom stereocenters. The Kier molecular flexibility index (Phi) is 4.46. The third-order valence-corrected chi connectivity index (χ3v) is 5.77. The summed E-state index contributed by atoms with van der Waals surface area (Å²) in [6, 6.07) is 14.0. The van der Waals surface area contributed by atoms with E-state index in [1.807, 2.05) is 11.3 Å². The van der Waals surface area contributed by atoms with Gasteiger partial charge in [0.1, 0.15) is 0 Å². The highest BCUT2D eigenvalue weighted by atomic mass is 32.1. The van der Waals surface area contributed by atoms with Crippen molar-refractivity contribution < 1.29 is 0 Å². The van der Waals surface area contributed by atoms with E-state index in [9.17, 15) is 0 Å². The molecule has 1 aromatic carbocycles. The van der Waals surface area contributed by atoms with Crippen LogP contribution in [0.4, 0.5) is 0 Å². The molecule has 1 fully saturated rings. The molecule has 0 radical (unpaired) electrons. The molecule has 0 bridgehead atoms. The largest absolute Gasteiger partial charge is 0.309 e. The minimum Gasteiger partial charge on any atom is -0.309 e. The molecule has 0 saturated heterocycles. The SMILES string of the molecule is CCNC(c1csc(C)c1)C1(c2ccccc2)CCCC1. The third kappa shape index (κ3) is 2.79. The van der Waals surface area contributed by atoms with Crippen molar-refractivity contribution in [3.05, 3.63) is 57.8 Å². The van der Waals surface area contributed by atoms with Crippen LogP contribution in [0.15, 0.2) is 41.8 Å². The molecule has 1 atom stereocenters. The molecule has 2 aromatic rings. The van der Waals surface area contributed by atoms with Gasteiger partial charge in [-0.15, -0.1) is 11.3 Å². The molecule has 2 heteroatoms. The number of thiophene rings is 1. The number of nitrogens with one attached hydrogen (secondary N) is 1. The Morgan fingerprint density at radius 1 is 1.19 bits per heavy atom. The molecular formula is C19H25NS. The number of likely N-dealkylation sites (N-methyl/N-ethyl adjacent to an activating group) is 1. The Bertz CT molecular complexity index is 566. The summed E-state index contributed by atoms with van der Waals surface area (Å²) in [5, 5.41) is 6.15. The van der Waals surface area contributed by atoms with E-state index in [1.165, 1.54) is 41.7 Å². The molecule has 1 nitrogen and oxygen atoms in total. The molecule has 0 spiro atoms. The molecule has 21 heavy (non-hydrogen) atoms. The van der Waals surface area contributed by atoms with E-state index in [-0.39, 0.29) is 5.41 Å². The van der Waals surface area contributed by atoms with Gasteiger partial charge in [-0.25, -0.2) is 0 Å². The second-order valence-corrected chi connectivity index (χ2v) is 7.33. The van der Waals surface area contributed by atoms with Crippen molar-refractivity contribution in [2.24, 2.45) is 0 Å². The average Bonchev–Trinajstić information content (AvgIpc) is 3.16. The first kappa shape index (κ1) is 14.8. The monoisotopic (exact) mass is 299 g/mol. The molecular weight excluding hydrogens is 274 g/mol. The van der Waals surface area contributed by atoms with Crippen LogP contribution in [0.1, 0.15) is 54.7 Å². The number of hydrogen-bond donors (Lipinski definition) is 1. The van der Waals surface area contributed by atoms with Crippen molar-refractivity contribution >= 4 is 11.3 Å². The predicted molar refractivity (Wildman–Crippen MR) is 92.1 cm³/mol. The summed E-state index contributed by atoms with van der Waals surface area (Å²) < 4.78 is 0. The third-order valence-electron chi connectivity index (χ3n) is 4.89. The van der Waals surface area contributed by atoms with E-state index in [1.54, 1.807) is 0 Å². The maximum Gasteiger partial charge on any atom is 0.0426 e. The minimum atomic E-state index is 0.269. The minimum absolute atomic E-state index is 0.269. The van der Waals surface area contributed by atoms with E-state index < -0.39 is 0 Å². The van der Waals surface area contributed by atoms with E-state index in [0.29, 0.717) is 6.04 Å². The fourth-order valence-corrected chi connectivity index (χ4v) is 4.70. The smallest absolute Gasteiger partial charge is 0.0426 e. The summed E-state index contributed by atoms with van der Waals surface area (Å²) in [5.41, 5.74) is 3.26. The van der Waals surface area contributed by atoms with E-state index in [4.69, 9.17) is 0 Å². The first-order valence-corrected chi connectivity index (χ1v) is 8.98. The fraction of sp³-hybridized carbons (Fsp3) is 0.474. The lowest BCUT2D eigenvalue weighted by Gasteiger charge is -2.39. The maximum absolute atomic E-state index is 3.80. The molecule has 3 rings (SSSR count). The Hall–Kier alpha value is -1.12. The van der Waals surface area contributed by atoms with E-state index in [2.05, 4.69) is 60.9 Å². The number of hydrogen-bond acceptors (Lipinski definition) is 2. The standard InChI is InChI=1S/C19H25NS/c1-3-20-18(16-13-15(2)21-14-16)19(11-7-8-12-19)17-9-5-4-6-10-17/h4-6,9-10,13-14,18,20H,3,7-8,11-12H2,1-2H3. The maximum atomic E-state index is 3.80. The van der Waals surface area contributed by atoms with Gasteiger partial charge in [-0.2, -0.15) is 0 Å². The average molecular weight is 299 g/mol.